The third-order valence-electron chi connectivity index (χ3n) is 7.71. The van der Waals surface area contributed by atoms with Crippen LogP contribution in [0.4, 0.5) is 0 Å². The van der Waals surface area contributed by atoms with E-state index in [9.17, 15) is 9.90 Å². The van der Waals surface area contributed by atoms with E-state index in [0.29, 0.717) is 30.3 Å². The number of hydrogen-bond donors (Lipinski definition) is 1. The predicted molar refractivity (Wildman–Crippen MR) is 112 cm³/mol. The number of hydrogen-bond acceptors (Lipinski definition) is 5. The van der Waals surface area contributed by atoms with Crippen molar-refractivity contribution in [3.63, 3.8) is 0 Å². The van der Waals surface area contributed by atoms with Gasteiger partial charge in [-0.3, -0.25) is 4.79 Å². The summed E-state index contributed by atoms with van der Waals surface area (Å²) in [4.78, 5) is 13.5. The number of fused-ring (bicyclic) bond motifs is 2. The number of ketones is 1. The lowest BCUT2D eigenvalue weighted by atomic mass is 9.53. The molecule has 5 rings (SSSR count). The second kappa shape index (κ2) is 7.02. The first-order chi connectivity index (χ1) is 14.4. The fourth-order valence-electron chi connectivity index (χ4n) is 5.96. The Hall–Kier alpha value is -2.53. The van der Waals surface area contributed by atoms with E-state index in [0.717, 1.165) is 30.4 Å². The van der Waals surface area contributed by atoms with Gasteiger partial charge in [0, 0.05) is 6.42 Å². The molecule has 0 radical (unpaired) electrons. The normalized spacial score (nSPS) is 32.2. The van der Waals surface area contributed by atoms with Crippen LogP contribution in [0.15, 0.2) is 42.5 Å². The number of carbonyl (C=O) groups is 1. The van der Waals surface area contributed by atoms with Crippen LogP contribution in [0.3, 0.4) is 0 Å². The lowest BCUT2D eigenvalue weighted by molar-refractivity contribution is -0.135. The summed E-state index contributed by atoms with van der Waals surface area (Å²) < 4.78 is 17.8. The highest BCUT2D eigenvalue weighted by Crippen LogP contribution is 2.62. The summed E-state index contributed by atoms with van der Waals surface area (Å²) in [5, 5.41) is 10.8. The van der Waals surface area contributed by atoms with Crippen molar-refractivity contribution in [2.24, 2.45) is 11.3 Å². The van der Waals surface area contributed by atoms with Gasteiger partial charge >= 0.3 is 0 Å². The number of carbonyl (C=O) groups excluding carboxylic acids is 1. The SMILES string of the molecule is CC1(c2c(OCc3ccccc3)ccc3c2OCO3)C(=O)CCC2(C)C(O)CCC12. The Bertz CT molecular complexity index is 971. The number of rotatable bonds is 4. The summed E-state index contributed by atoms with van der Waals surface area (Å²) in [5.74, 6) is 2.13. The van der Waals surface area contributed by atoms with Gasteiger partial charge in [-0.1, -0.05) is 37.3 Å². The first kappa shape index (κ1) is 19.4. The van der Waals surface area contributed by atoms with Crippen LogP contribution in [-0.2, 0) is 16.8 Å². The molecule has 5 heteroatoms. The van der Waals surface area contributed by atoms with Crippen molar-refractivity contribution in [1.82, 2.24) is 0 Å². The van der Waals surface area contributed by atoms with Gasteiger partial charge in [0.2, 0.25) is 6.79 Å². The molecule has 2 aromatic carbocycles. The fraction of sp³-hybridized carbons (Fsp3) is 0.480. The number of ether oxygens (including phenoxy) is 3. The smallest absolute Gasteiger partial charge is 0.231 e. The summed E-state index contributed by atoms with van der Waals surface area (Å²) >= 11 is 0. The second-order valence-corrected chi connectivity index (χ2v) is 9.22. The molecule has 0 amide bonds. The van der Waals surface area contributed by atoms with Crippen LogP contribution < -0.4 is 14.2 Å². The number of aliphatic hydroxyl groups excluding tert-OH is 1. The van der Waals surface area contributed by atoms with E-state index < -0.39 is 11.5 Å². The monoisotopic (exact) mass is 408 g/mol. The van der Waals surface area contributed by atoms with Gasteiger partial charge in [-0.2, -0.15) is 0 Å². The minimum Gasteiger partial charge on any atom is -0.488 e. The molecule has 0 bridgehead atoms. The lowest BCUT2D eigenvalue weighted by Crippen LogP contribution is -2.52. The zero-order chi connectivity index (χ0) is 20.9. The molecule has 1 heterocycles. The van der Waals surface area contributed by atoms with Gasteiger partial charge in [-0.15, -0.1) is 0 Å². The molecule has 0 saturated heterocycles. The minimum atomic E-state index is -0.796. The highest BCUT2D eigenvalue weighted by molar-refractivity contribution is 5.93. The highest BCUT2D eigenvalue weighted by Gasteiger charge is 2.61. The van der Waals surface area contributed by atoms with E-state index in [1.54, 1.807) is 0 Å². The maximum absolute atomic E-state index is 13.5. The maximum atomic E-state index is 13.5. The Labute approximate surface area is 177 Å². The molecule has 3 aliphatic rings. The average molecular weight is 408 g/mol. The predicted octanol–water partition coefficient (Wildman–Crippen LogP) is 4.39. The van der Waals surface area contributed by atoms with E-state index in [4.69, 9.17) is 14.2 Å². The molecule has 158 valence electrons. The molecule has 30 heavy (non-hydrogen) atoms. The molecular formula is C25H28O5. The molecule has 5 nitrogen and oxygen atoms in total. The van der Waals surface area contributed by atoms with Gasteiger partial charge < -0.3 is 19.3 Å². The van der Waals surface area contributed by atoms with Crippen molar-refractivity contribution in [1.29, 1.82) is 0 Å². The van der Waals surface area contributed by atoms with Gasteiger partial charge in [0.1, 0.15) is 18.1 Å². The molecule has 4 atom stereocenters. The van der Waals surface area contributed by atoms with Crippen LogP contribution in [0.2, 0.25) is 0 Å². The molecule has 2 aromatic rings. The van der Waals surface area contributed by atoms with E-state index in [1.165, 1.54) is 0 Å². The molecular weight excluding hydrogens is 380 g/mol. The van der Waals surface area contributed by atoms with Crippen LogP contribution in [-0.4, -0.2) is 23.8 Å². The van der Waals surface area contributed by atoms with Crippen molar-refractivity contribution in [2.75, 3.05) is 6.79 Å². The minimum absolute atomic E-state index is 0.0241. The van der Waals surface area contributed by atoms with Gasteiger partial charge in [0.05, 0.1) is 17.1 Å². The Morgan fingerprint density at radius 3 is 2.70 bits per heavy atom. The number of aliphatic hydroxyl groups is 1. The molecule has 1 aliphatic heterocycles. The Kier molecular flexibility index (Phi) is 4.55. The van der Waals surface area contributed by atoms with Crippen molar-refractivity contribution in [3.05, 3.63) is 53.6 Å². The van der Waals surface area contributed by atoms with Crippen molar-refractivity contribution >= 4 is 5.78 Å². The summed E-state index contributed by atoms with van der Waals surface area (Å²) in [6.45, 7) is 4.69. The number of benzene rings is 2. The zero-order valence-corrected chi connectivity index (χ0v) is 17.5. The van der Waals surface area contributed by atoms with Crippen molar-refractivity contribution < 1.29 is 24.1 Å². The van der Waals surface area contributed by atoms with Crippen LogP contribution in [0, 0.1) is 11.3 Å². The Balaban J connectivity index is 1.61. The molecule has 0 spiro atoms. The van der Waals surface area contributed by atoms with Crippen LogP contribution >= 0.6 is 0 Å². The summed E-state index contributed by atoms with van der Waals surface area (Å²) in [6.07, 6.45) is 2.31. The van der Waals surface area contributed by atoms with Crippen LogP contribution in [0.5, 0.6) is 17.2 Å². The third-order valence-corrected chi connectivity index (χ3v) is 7.71. The second-order valence-electron chi connectivity index (χ2n) is 9.22. The summed E-state index contributed by atoms with van der Waals surface area (Å²) in [6, 6.07) is 13.7. The van der Waals surface area contributed by atoms with Crippen LogP contribution in [0.1, 0.15) is 50.7 Å². The van der Waals surface area contributed by atoms with E-state index in [1.807, 2.05) is 49.4 Å². The highest BCUT2D eigenvalue weighted by atomic mass is 16.7. The Morgan fingerprint density at radius 1 is 1.10 bits per heavy atom. The van der Waals surface area contributed by atoms with Crippen molar-refractivity contribution in [3.8, 4) is 17.2 Å². The lowest BCUT2D eigenvalue weighted by Gasteiger charge is -2.49. The third kappa shape index (κ3) is 2.75. The quantitative estimate of drug-likeness (QED) is 0.813. The largest absolute Gasteiger partial charge is 0.488 e. The summed E-state index contributed by atoms with van der Waals surface area (Å²) in [7, 11) is 0. The summed E-state index contributed by atoms with van der Waals surface area (Å²) in [5.41, 5.74) is 0.753. The first-order valence-electron chi connectivity index (χ1n) is 10.8. The van der Waals surface area contributed by atoms with E-state index in [-0.39, 0.29) is 23.9 Å². The van der Waals surface area contributed by atoms with Gasteiger partial charge in [0.15, 0.2) is 11.5 Å². The molecule has 2 saturated carbocycles. The van der Waals surface area contributed by atoms with Gasteiger partial charge in [-0.25, -0.2) is 0 Å². The molecule has 0 aromatic heterocycles. The van der Waals surface area contributed by atoms with Crippen molar-refractivity contribution in [2.45, 2.75) is 57.7 Å². The number of Topliss-reactive ketones (excluding diaryl/α,β-unsaturated/α-hetero) is 1. The molecule has 1 N–H and O–H groups in total. The first-order valence-corrected chi connectivity index (χ1v) is 10.8. The van der Waals surface area contributed by atoms with Gasteiger partial charge in [0.25, 0.3) is 0 Å². The topological polar surface area (TPSA) is 65.0 Å². The standard InChI is InChI=1S/C25H28O5/c1-24-13-12-21(27)25(2,19(24)10-11-20(24)26)22-17(8-9-18-23(22)30-15-29-18)28-14-16-6-4-3-5-7-16/h3-9,19-20,26H,10-15H2,1-2H3. The van der Waals surface area contributed by atoms with Crippen LogP contribution in [0.25, 0.3) is 0 Å². The maximum Gasteiger partial charge on any atom is 0.231 e. The fourth-order valence-corrected chi connectivity index (χ4v) is 5.96. The molecule has 2 aliphatic carbocycles. The zero-order valence-electron chi connectivity index (χ0n) is 17.5. The van der Waals surface area contributed by atoms with Gasteiger partial charge in [-0.05, 0) is 55.2 Å². The average Bonchev–Trinajstić information content (AvgIpc) is 3.35. The molecule has 4 unspecified atom stereocenters. The Morgan fingerprint density at radius 2 is 1.90 bits per heavy atom. The molecule has 2 fully saturated rings. The van der Waals surface area contributed by atoms with E-state index >= 15 is 0 Å². The van der Waals surface area contributed by atoms with E-state index in [2.05, 4.69) is 6.92 Å².